The van der Waals surface area contributed by atoms with Gasteiger partial charge in [-0.25, -0.2) is 0 Å². The maximum absolute atomic E-state index is 12.8. The van der Waals surface area contributed by atoms with Gasteiger partial charge < -0.3 is 10.6 Å². The lowest BCUT2D eigenvalue weighted by molar-refractivity contribution is 0.0973. The van der Waals surface area contributed by atoms with Crippen LogP contribution in [0.4, 0.5) is 0 Å². The summed E-state index contributed by atoms with van der Waals surface area (Å²) >= 11 is 0. The quantitative estimate of drug-likeness (QED) is 0.341. The van der Waals surface area contributed by atoms with Crippen LogP contribution in [0.2, 0.25) is 0 Å². The fraction of sp³-hybridized carbons (Fsp3) is 0.385. The molecular weight excluding hydrogens is 400 g/mol. The van der Waals surface area contributed by atoms with Crippen molar-refractivity contribution in [1.82, 2.24) is 14.8 Å². The number of nitrogen functional groups attached to an aromatic ring is 1. The van der Waals surface area contributed by atoms with E-state index in [-0.39, 0.29) is 5.78 Å². The Morgan fingerprint density at radius 1 is 1.16 bits per heavy atom. The lowest BCUT2D eigenvalue weighted by atomic mass is 9.90. The molecule has 1 unspecified atom stereocenters. The molecule has 6 nitrogen and oxygen atoms in total. The fourth-order valence-electron chi connectivity index (χ4n) is 4.92. The number of benzene rings is 2. The van der Waals surface area contributed by atoms with E-state index in [4.69, 9.17) is 10.6 Å². The number of Topliss-reactive ketones (excluding diaryl/α,β-unsaturated/α-hetero) is 1. The number of fused-ring (bicyclic) bond motifs is 2. The highest BCUT2D eigenvalue weighted by molar-refractivity contribution is 6.01. The van der Waals surface area contributed by atoms with Crippen molar-refractivity contribution >= 4 is 22.3 Å². The maximum Gasteiger partial charge on any atom is 0.163 e. The molecule has 1 fully saturated rings. The Labute approximate surface area is 188 Å². The molecule has 1 atom stereocenters. The number of carbonyl (C=O) groups excluding carboxylic acids is 1. The third kappa shape index (κ3) is 4.28. The van der Waals surface area contributed by atoms with Crippen LogP contribution in [-0.2, 0) is 0 Å². The molecule has 5 rings (SSSR count). The predicted molar refractivity (Wildman–Crippen MR) is 127 cm³/mol. The van der Waals surface area contributed by atoms with Crippen LogP contribution >= 0.6 is 0 Å². The van der Waals surface area contributed by atoms with Gasteiger partial charge in [0.05, 0.1) is 17.8 Å². The normalized spacial score (nSPS) is 18.9. The minimum Gasteiger partial charge on any atom is -0.494 e. The van der Waals surface area contributed by atoms with Crippen molar-refractivity contribution in [2.75, 3.05) is 25.5 Å². The van der Waals surface area contributed by atoms with E-state index in [2.05, 4.69) is 16.1 Å². The maximum atomic E-state index is 12.8. The number of rotatable bonds is 7. The summed E-state index contributed by atoms with van der Waals surface area (Å²) < 4.78 is 5.71. The third-order valence-electron chi connectivity index (χ3n) is 6.67. The Balaban J connectivity index is 1.30. The second kappa shape index (κ2) is 9.17. The van der Waals surface area contributed by atoms with E-state index >= 15 is 0 Å². The molecule has 32 heavy (non-hydrogen) atoms. The zero-order chi connectivity index (χ0) is 21.9. The van der Waals surface area contributed by atoms with Crippen molar-refractivity contribution in [2.45, 2.75) is 44.6 Å². The van der Waals surface area contributed by atoms with Gasteiger partial charge in [-0.1, -0.05) is 30.7 Å². The molecule has 6 heteroatoms. The largest absolute Gasteiger partial charge is 0.494 e. The molecule has 3 heterocycles. The van der Waals surface area contributed by atoms with E-state index < -0.39 is 0 Å². The van der Waals surface area contributed by atoms with Gasteiger partial charge in [-0.3, -0.25) is 9.69 Å². The van der Waals surface area contributed by atoms with Crippen molar-refractivity contribution in [2.24, 2.45) is 0 Å². The second-order valence-electron chi connectivity index (χ2n) is 8.79. The van der Waals surface area contributed by atoms with E-state index in [1.165, 1.54) is 36.2 Å². The van der Waals surface area contributed by atoms with Crippen LogP contribution in [0.15, 0.2) is 54.6 Å². The van der Waals surface area contributed by atoms with Gasteiger partial charge >= 0.3 is 0 Å². The smallest absolute Gasteiger partial charge is 0.163 e. The van der Waals surface area contributed by atoms with E-state index in [9.17, 15) is 4.79 Å². The number of hydrogen-bond donors (Lipinski definition) is 1. The SMILES string of the molecule is Nn1nc(C2=CCN3CCCCC3C2)c2cc(C(=O)CCCOc3ccccc3)ccc21. The topological polar surface area (TPSA) is 73.4 Å². The third-order valence-corrected chi connectivity index (χ3v) is 6.67. The molecule has 3 aromatic rings. The highest BCUT2D eigenvalue weighted by Gasteiger charge is 2.28. The molecule has 166 valence electrons. The summed E-state index contributed by atoms with van der Waals surface area (Å²) in [5.41, 5.74) is 3.75. The molecule has 1 aromatic heterocycles. The van der Waals surface area contributed by atoms with E-state index in [0.717, 1.165) is 35.3 Å². The molecule has 0 aliphatic carbocycles. The number of piperidine rings is 1. The number of hydrogen-bond acceptors (Lipinski definition) is 5. The Morgan fingerprint density at radius 2 is 2.03 bits per heavy atom. The number of ether oxygens (including phenoxy) is 1. The van der Waals surface area contributed by atoms with E-state index in [0.29, 0.717) is 31.1 Å². The fourth-order valence-corrected chi connectivity index (χ4v) is 4.92. The van der Waals surface area contributed by atoms with Crippen LogP contribution in [0.1, 0.15) is 54.6 Å². The summed E-state index contributed by atoms with van der Waals surface area (Å²) in [6.07, 6.45) is 8.25. The molecule has 2 aliphatic heterocycles. The zero-order valence-corrected chi connectivity index (χ0v) is 18.4. The van der Waals surface area contributed by atoms with Gasteiger partial charge in [-0.15, -0.1) is 0 Å². The molecule has 0 radical (unpaired) electrons. The van der Waals surface area contributed by atoms with Gasteiger partial charge in [0.25, 0.3) is 0 Å². The highest BCUT2D eigenvalue weighted by atomic mass is 16.5. The minimum atomic E-state index is 0.121. The first-order valence-electron chi connectivity index (χ1n) is 11.6. The van der Waals surface area contributed by atoms with E-state index in [1.807, 2.05) is 48.5 Å². The first kappa shape index (κ1) is 20.8. The second-order valence-corrected chi connectivity index (χ2v) is 8.79. The summed E-state index contributed by atoms with van der Waals surface area (Å²) in [7, 11) is 0. The Kier molecular flexibility index (Phi) is 5.95. The van der Waals surface area contributed by atoms with Gasteiger partial charge in [-0.2, -0.15) is 9.89 Å². The molecule has 0 spiro atoms. The van der Waals surface area contributed by atoms with Crippen molar-refractivity contribution in [3.63, 3.8) is 0 Å². The lowest BCUT2D eigenvalue weighted by Crippen LogP contribution is -2.41. The number of ketones is 1. The lowest BCUT2D eigenvalue weighted by Gasteiger charge is -2.38. The van der Waals surface area contributed by atoms with Gasteiger partial charge in [0.1, 0.15) is 5.75 Å². The average Bonchev–Trinajstić information content (AvgIpc) is 3.18. The minimum absolute atomic E-state index is 0.121. The highest BCUT2D eigenvalue weighted by Crippen LogP contribution is 2.34. The van der Waals surface area contributed by atoms with Crippen LogP contribution in [0.5, 0.6) is 5.75 Å². The average molecular weight is 431 g/mol. The van der Waals surface area contributed by atoms with E-state index in [1.54, 1.807) is 0 Å². The van der Waals surface area contributed by atoms with Crippen LogP contribution in [0.25, 0.3) is 16.5 Å². The monoisotopic (exact) mass is 430 g/mol. The summed E-state index contributed by atoms with van der Waals surface area (Å²) in [6, 6.07) is 16.0. The molecule has 2 N–H and O–H groups in total. The Hall–Kier alpha value is -3.12. The van der Waals surface area contributed by atoms with Crippen LogP contribution in [0, 0.1) is 0 Å². The first-order chi connectivity index (χ1) is 15.7. The van der Waals surface area contributed by atoms with Crippen LogP contribution < -0.4 is 10.6 Å². The van der Waals surface area contributed by atoms with Crippen molar-refractivity contribution < 1.29 is 9.53 Å². The molecule has 0 bridgehead atoms. The predicted octanol–water partition coefficient (Wildman–Crippen LogP) is 4.43. The number of carbonyl (C=O) groups is 1. The van der Waals surface area contributed by atoms with Crippen molar-refractivity contribution in [1.29, 1.82) is 0 Å². The molecule has 2 aromatic carbocycles. The number of para-hydroxylation sites is 1. The summed E-state index contributed by atoms with van der Waals surface area (Å²) in [5.74, 6) is 7.11. The summed E-state index contributed by atoms with van der Waals surface area (Å²) in [4.78, 5) is 16.9. The summed E-state index contributed by atoms with van der Waals surface area (Å²) in [6.45, 7) is 2.68. The van der Waals surface area contributed by atoms with Crippen molar-refractivity contribution in [3.8, 4) is 5.75 Å². The number of nitrogens with two attached hydrogens (primary N) is 1. The van der Waals surface area contributed by atoms with Gasteiger partial charge in [0.15, 0.2) is 5.78 Å². The molecule has 2 aliphatic rings. The van der Waals surface area contributed by atoms with Crippen LogP contribution in [0.3, 0.4) is 0 Å². The molecule has 1 saturated heterocycles. The number of nitrogens with zero attached hydrogens (tertiary/aromatic N) is 3. The zero-order valence-electron chi connectivity index (χ0n) is 18.4. The van der Waals surface area contributed by atoms with Gasteiger partial charge in [0.2, 0.25) is 0 Å². The first-order valence-corrected chi connectivity index (χ1v) is 11.6. The standard InChI is InChI=1S/C26H30N4O2/c27-30-24-12-11-19(25(31)10-6-16-32-22-8-2-1-3-9-22)18-23(24)26(28-30)20-13-15-29-14-5-4-7-21(29)17-20/h1-3,8-9,11-13,18,21H,4-7,10,14-17,27H2. The van der Waals surface area contributed by atoms with Crippen LogP contribution in [-0.4, -0.2) is 46.3 Å². The van der Waals surface area contributed by atoms with Gasteiger partial charge in [0, 0.05) is 30.0 Å². The molecule has 0 amide bonds. The number of aromatic nitrogens is 2. The Bertz CT molecular complexity index is 1140. The Morgan fingerprint density at radius 3 is 2.91 bits per heavy atom. The van der Waals surface area contributed by atoms with Crippen molar-refractivity contribution in [3.05, 3.63) is 65.9 Å². The van der Waals surface area contributed by atoms with Gasteiger partial charge in [-0.05, 0) is 68.1 Å². The molecule has 0 saturated carbocycles. The molecular formula is C26H30N4O2. The summed E-state index contributed by atoms with van der Waals surface area (Å²) in [5, 5.41) is 5.60.